The molecule has 0 spiro atoms. The molecule has 4 saturated carbocycles. The van der Waals surface area contributed by atoms with Crippen LogP contribution in [0.1, 0.15) is 65.6 Å². The Morgan fingerprint density at radius 3 is 2.03 bits per heavy atom. The van der Waals surface area contributed by atoms with Crippen molar-refractivity contribution in [1.29, 1.82) is 0 Å². The Kier molecular flexibility index (Phi) is 4.87. The number of carboxylic acids is 1. The fraction of sp³-hybridized carbons (Fsp3) is 0.400. The van der Waals surface area contributed by atoms with E-state index < -0.39 is 5.97 Å². The summed E-state index contributed by atoms with van der Waals surface area (Å²) in [6.07, 6.45) is 11.3. The highest BCUT2D eigenvalue weighted by Gasteiger charge is 2.52. The normalized spacial score (nSPS) is 29.6. The van der Waals surface area contributed by atoms with Gasteiger partial charge in [0.1, 0.15) is 5.75 Å². The maximum absolute atomic E-state index is 11.1. The lowest BCUT2D eigenvalue weighted by atomic mass is 9.48. The zero-order chi connectivity index (χ0) is 21.0. The quantitative estimate of drug-likeness (QED) is 0.499. The average Bonchev–Trinajstić information content (AvgIpc) is 2.66. The van der Waals surface area contributed by atoms with E-state index in [1.54, 1.807) is 12.1 Å². The van der Waals surface area contributed by atoms with E-state index in [2.05, 4.69) is 6.07 Å². The molecule has 4 bridgehead atoms. The van der Waals surface area contributed by atoms with Crippen molar-refractivity contribution >= 4 is 41.3 Å². The smallest absolute Gasteiger partial charge is 0.335 e. The van der Waals surface area contributed by atoms with Crippen LogP contribution >= 0.6 is 23.2 Å². The Bertz CT molecular complexity index is 1020. The number of phenolic OH excluding ortho intramolecular Hbond substituents is 1. The van der Waals surface area contributed by atoms with Gasteiger partial charge in [0.2, 0.25) is 0 Å². The summed E-state index contributed by atoms with van der Waals surface area (Å²) in [6, 6.07) is 8.40. The number of rotatable bonds is 4. The minimum atomic E-state index is -1.01. The van der Waals surface area contributed by atoms with E-state index in [4.69, 9.17) is 28.3 Å². The molecule has 0 unspecified atom stereocenters. The van der Waals surface area contributed by atoms with Crippen LogP contribution in [0, 0.1) is 17.8 Å². The molecule has 0 radical (unpaired) electrons. The van der Waals surface area contributed by atoms with Crippen LogP contribution in [-0.2, 0) is 5.41 Å². The first kappa shape index (κ1) is 20.0. The van der Waals surface area contributed by atoms with Crippen molar-refractivity contribution in [1.82, 2.24) is 0 Å². The summed E-state index contributed by atoms with van der Waals surface area (Å²) in [5, 5.41) is 20.8. The third-order valence-electron chi connectivity index (χ3n) is 7.41. The second-order valence-electron chi connectivity index (χ2n) is 9.46. The zero-order valence-electron chi connectivity index (χ0n) is 16.6. The predicted octanol–water partition coefficient (Wildman–Crippen LogP) is 7.04. The van der Waals surface area contributed by atoms with Gasteiger partial charge in [-0.1, -0.05) is 41.4 Å². The van der Waals surface area contributed by atoms with Crippen molar-refractivity contribution in [3.63, 3.8) is 0 Å². The van der Waals surface area contributed by atoms with Gasteiger partial charge < -0.3 is 10.2 Å². The highest BCUT2D eigenvalue weighted by atomic mass is 35.5. The molecular weight excluding hydrogens is 419 g/mol. The maximum atomic E-state index is 11.1. The highest BCUT2D eigenvalue weighted by molar-refractivity contribution is 6.33. The number of hydrogen-bond acceptors (Lipinski definition) is 2. The summed E-state index contributed by atoms with van der Waals surface area (Å²) in [5.74, 6) is 1.67. The number of halogens is 2. The Hall–Kier alpha value is -1.97. The van der Waals surface area contributed by atoms with Crippen LogP contribution in [0.3, 0.4) is 0 Å². The van der Waals surface area contributed by atoms with Gasteiger partial charge in [0, 0.05) is 10.6 Å². The van der Waals surface area contributed by atoms with Crippen LogP contribution in [0.4, 0.5) is 0 Å². The van der Waals surface area contributed by atoms with E-state index in [9.17, 15) is 9.90 Å². The number of carbonyl (C=O) groups is 1. The second-order valence-corrected chi connectivity index (χ2v) is 10.3. The molecule has 6 rings (SSSR count). The first-order chi connectivity index (χ1) is 14.3. The summed E-state index contributed by atoms with van der Waals surface area (Å²) in [5.41, 5.74) is 2.84. The monoisotopic (exact) mass is 442 g/mol. The first-order valence-corrected chi connectivity index (χ1v) is 11.3. The molecule has 4 fully saturated rings. The molecule has 0 saturated heterocycles. The third-order valence-corrected chi connectivity index (χ3v) is 8.07. The molecule has 2 aromatic carbocycles. The summed E-state index contributed by atoms with van der Waals surface area (Å²) >= 11 is 12.7. The van der Waals surface area contributed by atoms with Crippen molar-refractivity contribution in [2.24, 2.45) is 17.8 Å². The fourth-order valence-corrected chi connectivity index (χ4v) is 7.01. The lowest BCUT2D eigenvalue weighted by Crippen LogP contribution is -2.48. The molecule has 0 aliphatic heterocycles. The van der Waals surface area contributed by atoms with E-state index in [0.29, 0.717) is 15.8 Å². The van der Waals surface area contributed by atoms with E-state index in [0.717, 1.165) is 34.4 Å². The van der Waals surface area contributed by atoms with Crippen LogP contribution in [0.15, 0.2) is 30.3 Å². The van der Waals surface area contributed by atoms with Crippen LogP contribution in [-0.4, -0.2) is 16.2 Å². The van der Waals surface area contributed by atoms with E-state index >= 15 is 0 Å². The standard InChI is InChI=1S/C25H24Cl2O3/c26-21-9-19(24(29)30)4-2-17(21)1-3-18-8-20(23(28)10-22(18)27)25-11-14-5-15(12-25)7-16(6-14)13-25/h1-4,8-10,14-16,28H,5-7,11-13H2,(H,29,30). The van der Waals surface area contributed by atoms with Crippen LogP contribution in [0.2, 0.25) is 10.0 Å². The van der Waals surface area contributed by atoms with Crippen molar-refractivity contribution in [2.75, 3.05) is 0 Å². The first-order valence-electron chi connectivity index (χ1n) is 10.6. The Labute approximate surface area is 186 Å². The van der Waals surface area contributed by atoms with Crippen LogP contribution in [0.25, 0.3) is 12.2 Å². The molecular formula is C25H24Cl2O3. The van der Waals surface area contributed by atoms with Gasteiger partial charge in [-0.25, -0.2) is 4.79 Å². The van der Waals surface area contributed by atoms with Gasteiger partial charge in [0.15, 0.2) is 0 Å². The van der Waals surface area contributed by atoms with Crippen molar-refractivity contribution in [3.05, 3.63) is 62.6 Å². The lowest BCUT2D eigenvalue weighted by molar-refractivity contribution is -0.00613. The Morgan fingerprint density at radius 1 is 0.900 bits per heavy atom. The van der Waals surface area contributed by atoms with E-state index in [-0.39, 0.29) is 11.0 Å². The molecule has 0 atom stereocenters. The van der Waals surface area contributed by atoms with Gasteiger partial charge in [-0.15, -0.1) is 0 Å². The molecule has 4 aliphatic carbocycles. The summed E-state index contributed by atoms with van der Waals surface area (Å²) in [7, 11) is 0. The predicted molar refractivity (Wildman–Crippen MR) is 120 cm³/mol. The summed E-state index contributed by atoms with van der Waals surface area (Å²) in [6.45, 7) is 0. The lowest BCUT2D eigenvalue weighted by Gasteiger charge is -2.57. The van der Waals surface area contributed by atoms with E-state index in [1.165, 1.54) is 50.7 Å². The molecule has 3 nitrogen and oxygen atoms in total. The molecule has 30 heavy (non-hydrogen) atoms. The number of aromatic carboxylic acids is 1. The highest BCUT2D eigenvalue weighted by Crippen LogP contribution is 2.62. The van der Waals surface area contributed by atoms with E-state index in [1.807, 2.05) is 12.2 Å². The van der Waals surface area contributed by atoms with Crippen molar-refractivity contribution in [3.8, 4) is 5.75 Å². The van der Waals surface area contributed by atoms with Crippen LogP contribution in [0.5, 0.6) is 5.75 Å². The van der Waals surface area contributed by atoms with Gasteiger partial charge in [-0.05, 0) is 97.1 Å². The number of carboxylic acid groups (broad SMARTS) is 1. The van der Waals surface area contributed by atoms with Gasteiger partial charge >= 0.3 is 5.97 Å². The van der Waals surface area contributed by atoms with Gasteiger partial charge in [0.25, 0.3) is 0 Å². The molecule has 2 aromatic rings. The number of benzene rings is 2. The zero-order valence-corrected chi connectivity index (χ0v) is 18.1. The van der Waals surface area contributed by atoms with Crippen molar-refractivity contribution < 1.29 is 15.0 Å². The van der Waals surface area contributed by atoms with Crippen LogP contribution < -0.4 is 0 Å². The van der Waals surface area contributed by atoms with Gasteiger partial charge in [-0.3, -0.25) is 0 Å². The van der Waals surface area contributed by atoms with Gasteiger partial charge in [-0.2, -0.15) is 0 Å². The second kappa shape index (κ2) is 7.32. The molecule has 156 valence electrons. The Morgan fingerprint density at radius 2 is 1.47 bits per heavy atom. The summed E-state index contributed by atoms with van der Waals surface area (Å²) in [4.78, 5) is 11.1. The SMILES string of the molecule is O=C(O)c1ccc(C=Cc2cc(C34CC5CC(CC(C5)C3)C4)c(O)cc2Cl)c(Cl)c1. The molecule has 4 aliphatic rings. The Balaban J connectivity index is 1.49. The number of hydrogen-bond donors (Lipinski definition) is 2. The molecule has 0 amide bonds. The maximum Gasteiger partial charge on any atom is 0.335 e. The average molecular weight is 443 g/mol. The van der Waals surface area contributed by atoms with Crippen molar-refractivity contribution in [2.45, 2.75) is 43.9 Å². The summed E-state index contributed by atoms with van der Waals surface area (Å²) < 4.78 is 0. The minimum absolute atomic E-state index is 0.0762. The molecule has 5 heteroatoms. The molecule has 0 aromatic heterocycles. The molecule has 0 heterocycles. The third kappa shape index (κ3) is 3.42. The molecule has 2 N–H and O–H groups in total. The largest absolute Gasteiger partial charge is 0.508 e. The fourth-order valence-electron chi connectivity index (χ4n) is 6.55. The topological polar surface area (TPSA) is 57.5 Å². The minimum Gasteiger partial charge on any atom is -0.508 e. The number of aromatic hydroxyl groups is 1. The number of phenols is 1. The van der Waals surface area contributed by atoms with Gasteiger partial charge in [0.05, 0.1) is 10.6 Å².